The Hall–Kier alpha value is -1.17. The van der Waals surface area contributed by atoms with E-state index in [-0.39, 0.29) is 17.5 Å². The van der Waals surface area contributed by atoms with Crippen LogP contribution in [0, 0.1) is 5.82 Å². The molecule has 1 aromatic rings. The van der Waals surface area contributed by atoms with Gasteiger partial charge in [-0.05, 0) is 25.2 Å². The molecule has 0 amide bonds. The van der Waals surface area contributed by atoms with Crippen molar-refractivity contribution in [1.29, 1.82) is 0 Å². The molecule has 1 N–H and O–H groups in total. The fourth-order valence-electron chi connectivity index (χ4n) is 3.12. The molecule has 2 saturated heterocycles. The summed E-state index contributed by atoms with van der Waals surface area (Å²) in [7, 11) is 1.84. The van der Waals surface area contributed by atoms with Crippen molar-refractivity contribution < 1.29 is 18.6 Å². The molecule has 2 aliphatic rings. The molecule has 0 bridgehead atoms. The molecule has 2 fully saturated rings. The predicted molar refractivity (Wildman–Crippen MR) is 76.9 cm³/mol. The number of rotatable bonds is 4. The van der Waals surface area contributed by atoms with Crippen LogP contribution < -0.4 is 10.1 Å². The van der Waals surface area contributed by atoms with Gasteiger partial charge in [0.1, 0.15) is 17.7 Å². The minimum atomic E-state index is -0.236. The summed E-state index contributed by atoms with van der Waals surface area (Å²) in [6.45, 7) is 2.69. The van der Waals surface area contributed by atoms with E-state index >= 15 is 0 Å². The highest BCUT2D eigenvalue weighted by atomic mass is 19.1. The highest BCUT2D eigenvalue weighted by Gasteiger charge is 2.41. The zero-order valence-electron chi connectivity index (χ0n) is 12.4. The first-order valence-electron chi connectivity index (χ1n) is 7.52. The topological polar surface area (TPSA) is 39.7 Å². The first-order chi connectivity index (χ1) is 10.2. The lowest BCUT2D eigenvalue weighted by Gasteiger charge is -2.37. The molecule has 2 heterocycles. The molecule has 3 rings (SSSR count). The Bertz CT molecular complexity index is 488. The average molecular weight is 295 g/mol. The summed E-state index contributed by atoms with van der Waals surface area (Å²) < 4.78 is 30.9. The minimum Gasteiger partial charge on any atom is -0.490 e. The van der Waals surface area contributed by atoms with Gasteiger partial charge in [0.15, 0.2) is 0 Å². The summed E-state index contributed by atoms with van der Waals surface area (Å²) >= 11 is 0. The lowest BCUT2D eigenvalue weighted by atomic mass is 9.91. The first kappa shape index (κ1) is 14.8. The van der Waals surface area contributed by atoms with Gasteiger partial charge in [0, 0.05) is 38.0 Å². The monoisotopic (exact) mass is 295 g/mol. The van der Waals surface area contributed by atoms with Crippen LogP contribution in [0.25, 0.3) is 0 Å². The van der Waals surface area contributed by atoms with Crippen LogP contribution >= 0.6 is 0 Å². The van der Waals surface area contributed by atoms with Crippen molar-refractivity contribution in [3.05, 3.63) is 29.6 Å². The molecule has 2 atom stereocenters. The van der Waals surface area contributed by atoms with E-state index in [0.29, 0.717) is 19.8 Å². The summed E-state index contributed by atoms with van der Waals surface area (Å²) in [6.07, 6.45) is 2.72. The molecular weight excluding hydrogens is 273 g/mol. The Morgan fingerprint density at radius 1 is 1.43 bits per heavy atom. The van der Waals surface area contributed by atoms with Crippen molar-refractivity contribution in [3.8, 4) is 5.75 Å². The van der Waals surface area contributed by atoms with Crippen molar-refractivity contribution in [1.82, 2.24) is 5.32 Å². The minimum absolute atomic E-state index is 0.0986. The Labute approximate surface area is 124 Å². The normalized spacial score (nSPS) is 29.0. The molecule has 0 saturated carbocycles. The molecule has 4 nitrogen and oxygen atoms in total. The number of nitrogens with one attached hydrogen (secondary N) is 1. The highest BCUT2D eigenvalue weighted by Crippen LogP contribution is 2.35. The summed E-state index contributed by atoms with van der Waals surface area (Å²) in [5, 5.41) is 3.05. The number of halogens is 1. The van der Waals surface area contributed by atoms with E-state index in [1.54, 1.807) is 6.07 Å². The van der Waals surface area contributed by atoms with Gasteiger partial charge in [-0.15, -0.1) is 0 Å². The second-order valence-corrected chi connectivity index (χ2v) is 5.85. The molecule has 1 spiro atoms. The second kappa shape index (κ2) is 6.30. The van der Waals surface area contributed by atoms with Gasteiger partial charge in [-0.1, -0.05) is 0 Å². The maximum Gasteiger partial charge on any atom is 0.124 e. The van der Waals surface area contributed by atoms with Gasteiger partial charge in [-0.2, -0.15) is 0 Å². The zero-order valence-corrected chi connectivity index (χ0v) is 12.4. The Morgan fingerprint density at radius 2 is 2.33 bits per heavy atom. The van der Waals surface area contributed by atoms with Gasteiger partial charge in [0.2, 0.25) is 0 Å². The van der Waals surface area contributed by atoms with Crippen LogP contribution in [0.15, 0.2) is 18.2 Å². The van der Waals surface area contributed by atoms with Crippen molar-refractivity contribution in [2.75, 3.05) is 26.9 Å². The molecule has 0 aliphatic carbocycles. The highest BCUT2D eigenvalue weighted by molar-refractivity contribution is 5.34. The van der Waals surface area contributed by atoms with Crippen LogP contribution in [0.5, 0.6) is 5.75 Å². The largest absolute Gasteiger partial charge is 0.490 e. The summed E-state index contributed by atoms with van der Waals surface area (Å²) in [4.78, 5) is 0. The zero-order chi connectivity index (χ0) is 14.7. The van der Waals surface area contributed by atoms with E-state index in [1.807, 2.05) is 7.05 Å². The van der Waals surface area contributed by atoms with Crippen LogP contribution in [0.4, 0.5) is 4.39 Å². The van der Waals surface area contributed by atoms with E-state index in [4.69, 9.17) is 14.2 Å². The average Bonchev–Trinajstić information content (AvgIpc) is 2.90. The molecule has 2 aliphatic heterocycles. The van der Waals surface area contributed by atoms with Crippen LogP contribution in [0.2, 0.25) is 0 Å². The molecule has 2 unspecified atom stereocenters. The number of hydrogen-bond donors (Lipinski definition) is 1. The van der Waals surface area contributed by atoms with Crippen molar-refractivity contribution >= 4 is 0 Å². The van der Waals surface area contributed by atoms with Crippen LogP contribution in [-0.4, -0.2) is 38.6 Å². The van der Waals surface area contributed by atoms with E-state index in [1.165, 1.54) is 12.1 Å². The van der Waals surface area contributed by atoms with Crippen LogP contribution in [0.3, 0.4) is 0 Å². The van der Waals surface area contributed by atoms with Crippen molar-refractivity contribution in [2.45, 2.75) is 37.5 Å². The maximum absolute atomic E-state index is 13.4. The number of benzene rings is 1. The van der Waals surface area contributed by atoms with Crippen LogP contribution in [-0.2, 0) is 16.0 Å². The first-order valence-corrected chi connectivity index (χ1v) is 7.52. The second-order valence-electron chi connectivity index (χ2n) is 5.85. The maximum atomic E-state index is 13.4. The summed E-state index contributed by atoms with van der Waals surface area (Å²) in [6, 6.07) is 4.69. The van der Waals surface area contributed by atoms with Gasteiger partial charge < -0.3 is 19.5 Å². The third-order valence-corrected chi connectivity index (χ3v) is 4.20. The smallest absolute Gasteiger partial charge is 0.124 e. The molecular formula is C16H22FNO3. The molecule has 1 aromatic carbocycles. The molecule has 116 valence electrons. The van der Waals surface area contributed by atoms with Gasteiger partial charge in [-0.3, -0.25) is 0 Å². The fraction of sp³-hybridized carbons (Fsp3) is 0.625. The van der Waals surface area contributed by atoms with Crippen molar-refractivity contribution in [2.24, 2.45) is 0 Å². The lowest BCUT2D eigenvalue weighted by molar-refractivity contribution is -0.112. The molecule has 21 heavy (non-hydrogen) atoms. The Morgan fingerprint density at radius 3 is 3.10 bits per heavy atom. The van der Waals surface area contributed by atoms with Crippen molar-refractivity contribution in [3.63, 3.8) is 0 Å². The Balaban J connectivity index is 1.71. The SMILES string of the molecule is CNCc1cc(F)ccc1OC1CCOC2(CCOC2)C1. The summed E-state index contributed by atoms with van der Waals surface area (Å²) in [5.74, 6) is 0.520. The van der Waals surface area contributed by atoms with Crippen LogP contribution in [0.1, 0.15) is 24.8 Å². The standard InChI is InChI=1S/C16H22FNO3/c1-18-10-12-8-13(17)2-3-15(12)21-14-4-6-20-16(9-14)5-7-19-11-16/h2-3,8,14,18H,4-7,9-11H2,1H3. The van der Waals surface area contributed by atoms with E-state index in [0.717, 1.165) is 37.2 Å². The van der Waals surface area contributed by atoms with Gasteiger partial charge in [0.05, 0.1) is 18.8 Å². The third kappa shape index (κ3) is 3.36. The van der Waals surface area contributed by atoms with Gasteiger partial charge in [0.25, 0.3) is 0 Å². The predicted octanol–water partition coefficient (Wildman–Crippen LogP) is 2.26. The molecule has 5 heteroatoms. The van der Waals surface area contributed by atoms with Gasteiger partial charge in [-0.25, -0.2) is 4.39 Å². The van der Waals surface area contributed by atoms with E-state index < -0.39 is 0 Å². The van der Waals surface area contributed by atoms with E-state index in [2.05, 4.69) is 5.32 Å². The molecule has 0 radical (unpaired) electrons. The number of hydrogen-bond acceptors (Lipinski definition) is 4. The third-order valence-electron chi connectivity index (χ3n) is 4.20. The van der Waals surface area contributed by atoms with Gasteiger partial charge >= 0.3 is 0 Å². The Kier molecular flexibility index (Phi) is 4.42. The lowest BCUT2D eigenvalue weighted by Crippen LogP contribution is -2.44. The molecule has 0 aromatic heterocycles. The van der Waals surface area contributed by atoms with E-state index in [9.17, 15) is 4.39 Å². The number of ether oxygens (including phenoxy) is 3. The quantitative estimate of drug-likeness (QED) is 0.925. The fourth-order valence-corrected chi connectivity index (χ4v) is 3.12. The summed E-state index contributed by atoms with van der Waals surface area (Å²) in [5.41, 5.74) is 0.673.